The second-order valence-corrected chi connectivity index (χ2v) is 8.03. The normalized spacial score (nSPS) is 38.3. The van der Waals surface area contributed by atoms with Gasteiger partial charge < -0.3 is 19.9 Å². The highest BCUT2D eigenvalue weighted by atomic mass is 16.5. The van der Waals surface area contributed by atoms with E-state index in [0.29, 0.717) is 12.2 Å². The highest BCUT2D eigenvalue weighted by molar-refractivity contribution is 5.80. The second-order valence-electron chi connectivity index (χ2n) is 8.03. The van der Waals surface area contributed by atoms with Gasteiger partial charge in [-0.15, -0.1) is 0 Å². The van der Waals surface area contributed by atoms with E-state index in [0.717, 1.165) is 43.3 Å². The van der Waals surface area contributed by atoms with Crippen molar-refractivity contribution in [1.82, 2.24) is 15.1 Å². The minimum atomic E-state index is 0.535. The summed E-state index contributed by atoms with van der Waals surface area (Å²) >= 11 is 0. The van der Waals surface area contributed by atoms with E-state index in [1.54, 1.807) is 0 Å². The summed E-state index contributed by atoms with van der Waals surface area (Å²) < 4.78 is 6.08. The highest BCUT2D eigenvalue weighted by Gasteiger charge is 2.53. The number of hydrogen-bond acceptors (Lipinski definition) is 3. The van der Waals surface area contributed by atoms with Gasteiger partial charge in [0.25, 0.3) is 0 Å². The van der Waals surface area contributed by atoms with Crippen molar-refractivity contribution in [3.8, 4) is 0 Å². The summed E-state index contributed by atoms with van der Waals surface area (Å²) in [6, 6.07) is 0. The van der Waals surface area contributed by atoms with Crippen molar-refractivity contribution in [3.05, 3.63) is 0 Å². The number of ether oxygens (including phenoxy) is 1. The van der Waals surface area contributed by atoms with Crippen molar-refractivity contribution in [2.75, 3.05) is 46.8 Å². The first-order valence-corrected chi connectivity index (χ1v) is 9.54. The van der Waals surface area contributed by atoms with Gasteiger partial charge in [-0.2, -0.15) is 0 Å². The molecular weight excluding hydrogens is 288 g/mol. The van der Waals surface area contributed by atoms with E-state index in [1.807, 2.05) is 7.05 Å². The molecule has 5 nitrogen and oxygen atoms in total. The Hall–Kier alpha value is -0.810. The molecule has 4 fully saturated rings. The van der Waals surface area contributed by atoms with Crippen LogP contribution in [0.1, 0.15) is 32.1 Å². The van der Waals surface area contributed by atoms with Crippen molar-refractivity contribution >= 4 is 5.96 Å². The molecule has 5 heteroatoms. The van der Waals surface area contributed by atoms with Crippen LogP contribution in [0.2, 0.25) is 0 Å². The zero-order chi connectivity index (χ0) is 15.8. The summed E-state index contributed by atoms with van der Waals surface area (Å²) in [7, 11) is 4.16. The molecule has 4 aliphatic rings. The van der Waals surface area contributed by atoms with Gasteiger partial charge >= 0.3 is 0 Å². The van der Waals surface area contributed by atoms with E-state index in [4.69, 9.17) is 4.74 Å². The maximum Gasteiger partial charge on any atom is 0.193 e. The van der Waals surface area contributed by atoms with Crippen LogP contribution in [0.4, 0.5) is 0 Å². The van der Waals surface area contributed by atoms with Crippen LogP contribution < -0.4 is 5.32 Å². The lowest BCUT2D eigenvalue weighted by atomic mass is 9.82. The fraction of sp³-hybridized carbons (Fsp3) is 0.944. The predicted molar refractivity (Wildman–Crippen MR) is 92.6 cm³/mol. The van der Waals surface area contributed by atoms with Crippen LogP contribution in [0.15, 0.2) is 4.99 Å². The van der Waals surface area contributed by atoms with Gasteiger partial charge in [0.2, 0.25) is 0 Å². The molecule has 0 aromatic rings. The Morgan fingerprint density at radius 2 is 1.74 bits per heavy atom. The van der Waals surface area contributed by atoms with Gasteiger partial charge in [0, 0.05) is 38.5 Å². The van der Waals surface area contributed by atoms with Crippen LogP contribution in [0.5, 0.6) is 0 Å². The van der Waals surface area contributed by atoms with Gasteiger partial charge in [-0.3, -0.25) is 4.99 Å². The molecule has 0 saturated carbocycles. The van der Waals surface area contributed by atoms with Crippen LogP contribution in [0, 0.1) is 17.8 Å². The summed E-state index contributed by atoms with van der Waals surface area (Å²) in [6.07, 6.45) is 7.61. The number of fused-ring (bicyclic) bond motifs is 5. The summed E-state index contributed by atoms with van der Waals surface area (Å²) in [4.78, 5) is 9.48. The van der Waals surface area contributed by atoms with E-state index in [-0.39, 0.29) is 0 Å². The summed E-state index contributed by atoms with van der Waals surface area (Å²) in [5.41, 5.74) is 0. The standard InChI is InChI=1S/C18H32N4O/c1-19-18(20-8-5-13-6-9-21(2)10-7-13)22-11-14-15(12-22)17-4-3-16(14)23-17/h13-17H,3-12H2,1-2H3,(H,19,20). The molecule has 4 unspecified atom stereocenters. The van der Waals surface area contributed by atoms with E-state index < -0.39 is 0 Å². The first-order chi connectivity index (χ1) is 11.2. The van der Waals surface area contributed by atoms with E-state index in [9.17, 15) is 0 Å². The Morgan fingerprint density at radius 3 is 2.35 bits per heavy atom. The molecule has 4 aliphatic heterocycles. The van der Waals surface area contributed by atoms with Gasteiger partial charge in [0.1, 0.15) is 0 Å². The molecule has 4 saturated heterocycles. The lowest BCUT2D eigenvalue weighted by Gasteiger charge is -2.29. The zero-order valence-electron chi connectivity index (χ0n) is 14.7. The average Bonchev–Trinajstić information content (AvgIpc) is 3.26. The van der Waals surface area contributed by atoms with Gasteiger partial charge in [0.05, 0.1) is 12.2 Å². The number of aliphatic imine (C=N–C) groups is 1. The number of nitrogens with zero attached hydrogens (tertiary/aromatic N) is 3. The summed E-state index contributed by atoms with van der Waals surface area (Å²) in [5.74, 6) is 3.51. The van der Waals surface area contributed by atoms with Crippen molar-refractivity contribution in [1.29, 1.82) is 0 Å². The topological polar surface area (TPSA) is 40.1 Å². The molecule has 4 rings (SSSR count). The Labute approximate surface area is 140 Å². The van der Waals surface area contributed by atoms with Gasteiger partial charge in [-0.05, 0) is 58.2 Å². The smallest absolute Gasteiger partial charge is 0.193 e. The number of likely N-dealkylation sites (tertiary alicyclic amines) is 2. The molecule has 4 atom stereocenters. The molecule has 0 spiro atoms. The lowest BCUT2D eigenvalue weighted by molar-refractivity contribution is 0.0767. The maximum atomic E-state index is 6.08. The average molecular weight is 320 g/mol. The first kappa shape index (κ1) is 15.7. The van der Waals surface area contributed by atoms with Crippen molar-refractivity contribution in [2.45, 2.75) is 44.3 Å². The Balaban J connectivity index is 1.24. The van der Waals surface area contributed by atoms with Crippen LogP contribution >= 0.6 is 0 Å². The molecular formula is C18H32N4O. The van der Waals surface area contributed by atoms with Crippen molar-refractivity contribution < 1.29 is 4.74 Å². The Morgan fingerprint density at radius 1 is 1.09 bits per heavy atom. The molecule has 0 aliphatic carbocycles. The maximum absolute atomic E-state index is 6.08. The molecule has 0 radical (unpaired) electrons. The molecule has 0 amide bonds. The lowest BCUT2D eigenvalue weighted by Crippen LogP contribution is -2.42. The van der Waals surface area contributed by atoms with Gasteiger partial charge in [-0.25, -0.2) is 0 Å². The number of nitrogens with one attached hydrogen (secondary N) is 1. The van der Waals surface area contributed by atoms with Crippen LogP contribution in [0.3, 0.4) is 0 Å². The zero-order valence-corrected chi connectivity index (χ0v) is 14.7. The van der Waals surface area contributed by atoms with E-state index in [2.05, 4.69) is 27.2 Å². The highest BCUT2D eigenvalue weighted by Crippen LogP contribution is 2.47. The number of guanidine groups is 1. The monoisotopic (exact) mass is 320 g/mol. The largest absolute Gasteiger partial charge is 0.374 e. The van der Waals surface area contributed by atoms with Gasteiger partial charge in [-0.1, -0.05) is 0 Å². The molecule has 4 heterocycles. The van der Waals surface area contributed by atoms with E-state index >= 15 is 0 Å². The first-order valence-electron chi connectivity index (χ1n) is 9.54. The van der Waals surface area contributed by atoms with Crippen molar-refractivity contribution in [2.24, 2.45) is 22.7 Å². The van der Waals surface area contributed by atoms with Gasteiger partial charge in [0.15, 0.2) is 5.96 Å². The summed E-state index contributed by atoms with van der Waals surface area (Å²) in [5, 5.41) is 3.63. The minimum Gasteiger partial charge on any atom is -0.374 e. The molecule has 0 aromatic carbocycles. The quantitative estimate of drug-likeness (QED) is 0.630. The van der Waals surface area contributed by atoms with Crippen LogP contribution in [-0.4, -0.2) is 74.8 Å². The molecule has 1 N–H and O–H groups in total. The predicted octanol–water partition coefficient (Wildman–Crippen LogP) is 1.40. The van der Waals surface area contributed by atoms with E-state index in [1.165, 1.54) is 45.2 Å². The number of piperidine rings is 1. The van der Waals surface area contributed by atoms with Crippen LogP contribution in [0.25, 0.3) is 0 Å². The Bertz CT molecular complexity index is 428. The second kappa shape index (κ2) is 6.60. The fourth-order valence-corrected chi connectivity index (χ4v) is 5.20. The Kier molecular flexibility index (Phi) is 4.50. The van der Waals surface area contributed by atoms with Crippen molar-refractivity contribution in [3.63, 3.8) is 0 Å². The molecule has 0 aromatic heterocycles. The molecule has 2 bridgehead atoms. The molecule has 130 valence electrons. The molecule has 23 heavy (non-hydrogen) atoms. The number of hydrogen-bond donors (Lipinski definition) is 1. The third-order valence-electron chi connectivity index (χ3n) is 6.64. The van der Waals surface area contributed by atoms with Crippen LogP contribution in [-0.2, 0) is 4.74 Å². The fourth-order valence-electron chi connectivity index (χ4n) is 5.20. The third-order valence-corrected chi connectivity index (χ3v) is 6.64. The third kappa shape index (κ3) is 3.10. The SMILES string of the molecule is CN=C(NCCC1CCN(C)CC1)N1CC2C3CCC(O3)C2C1. The summed E-state index contributed by atoms with van der Waals surface area (Å²) in [6.45, 7) is 5.87. The minimum absolute atomic E-state index is 0.535. The number of rotatable bonds is 3.